The van der Waals surface area contributed by atoms with E-state index in [9.17, 15) is 0 Å². The average molecular weight is 275 g/mol. The Hall–Kier alpha value is -0.900. The zero-order chi connectivity index (χ0) is 14.4. The van der Waals surface area contributed by atoms with Crippen LogP contribution in [-0.2, 0) is 19.6 Å². The van der Waals surface area contributed by atoms with E-state index in [1.807, 2.05) is 0 Å². The van der Waals surface area contributed by atoms with E-state index in [2.05, 4.69) is 54.1 Å². The van der Waals surface area contributed by atoms with Crippen LogP contribution in [0.2, 0.25) is 0 Å². The summed E-state index contributed by atoms with van der Waals surface area (Å²) in [5.41, 5.74) is 4.46. The molecule has 2 rings (SSSR count). The van der Waals surface area contributed by atoms with Gasteiger partial charge in [0, 0.05) is 32.7 Å². The molecule has 0 spiro atoms. The van der Waals surface area contributed by atoms with Gasteiger partial charge < -0.3 is 10.2 Å². The molecule has 1 N–H and O–H groups in total. The third kappa shape index (κ3) is 4.05. The van der Waals surface area contributed by atoms with Crippen molar-refractivity contribution < 1.29 is 0 Å². The van der Waals surface area contributed by atoms with Crippen molar-refractivity contribution >= 4 is 0 Å². The first-order valence-corrected chi connectivity index (χ1v) is 8.02. The van der Waals surface area contributed by atoms with E-state index in [0.29, 0.717) is 0 Å². The quantitative estimate of drug-likeness (QED) is 0.786. The Bertz CT molecular complexity index is 413. The summed E-state index contributed by atoms with van der Waals surface area (Å²) in [6, 6.07) is 6.98. The number of benzene rings is 1. The van der Waals surface area contributed by atoms with Crippen LogP contribution < -0.4 is 5.32 Å². The SMILES string of the molecule is CCNCc1ccc2c(c1)CN(CCN(CC)CC)C2. The molecule has 0 fully saturated rings. The monoisotopic (exact) mass is 275 g/mol. The van der Waals surface area contributed by atoms with E-state index in [1.165, 1.54) is 29.8 Å². The van der Waals surface area contributed by atoms with Gasteiger partial charge in [0.2, 0.25) is 0 Å². The fraction of sp³-hybridized carbons (Fsp3) is 0.647. The first-order chi connectivity index (χ1) is 9.76. The van der Waals surface area contributed by atoms with Gasteiger partial charge in [-0.3, -0.25) is 4.90 Å². The molecule has 0 aromatic heterocycles. The molecule has 1 aromatic rings. The molecule has 20 heavy (non-hydrogen) atoms. The van der Waals surface area contributed by atoms with Crippen LogP contribution in [0.15, 0.2) is 18.2 Å². The van der Waals surface area contributed by atoms with Crippen molar-refractivity contribution in [2.45, 2.75) is 40.4 Å². The number of likely N-dealkylation sites (N-methyl/N-ethyl adjacent to an activating group) is 1. The Morgan fingerprint density at radius 1 is 1.10 bits per heavy atom. The van der Waals surface area contributed by atoms with Gasteiger partial charge >= 0.3 is 0 Å². The smallest absolute Gasteiger partial charge is 0.0241 e. The molecule has 112 valence electrons. The molecule has 1 aromatic carbocycles. The highest BCUT2D eigenvalue weighted by Crippen LogP contribution is 2.23. The van der Waals surface area contributed by atoms with Crippen molar-refractivity contribution in [1.82, 2.24) is 15.1 Å². The Balaban J connectivity index is 1.87. The maximum Gasteiger partial charge on any atom is 0.0241 e. The van der Waals surface area contributed by atoms with E-state index in [1.54, 1.807) is 0 Å². The zero-order valence-corrected chi connectivity index (χ0v) is 13.3. The topological polar surface area (TPSA) is 18.5 Å². The molecule has 1 aliphatic heterocycles. The number of nitrogens with one attached hydrogen (secondary N) is 1. The Morgan fingerprint density at radius 2 is 1.85 bits per heavy atom. The molecule has 0 radical (unpaired) electrons. The Kier molecular flexibility index (Phi) is 6.02. The van der Waals surface area contributed by atoms with Crippen molar-refractivity contribution in [2.24, 2.45) is 0 Å². The fourth-order valence-electron chi connectivity index (χ4n) is 2.88. The van der Waals surface area contributed by atoms with Gasteiger partial charge in [-0.1, -0.05) is 39.0 Å². The first kappa shape index (κ1) is 15.5. The van der Waals surface area contributed by atoms with Gasteiger partial charge in [0.15, 0.2) is 0 Å². The van der Waals surface area contributed by atoms with Crippen LogP contribution in [0.1, 0.15) is 37.5 Å². The number of hydrogen-bond acceptors (Lipinski definition) is 3. The molecule has 0 atom stereocenters. The summed E-state index contributed by atoms with van der Waals surface area (Å²) in [5, 5.41) is 3.40. The van der Waals surface area contributed by atoms with Crippen molar-refractivity contribution in [1.29, 1.82) is 0 Å². The van der Waals surface area contributed by atoms with Crippen LogP contribution >= 0.6 is 0 Å². The fourth-order valence-corrected chi connectivity index (χ4v) is 2.88. The third-order valence-electron chi connectivity index (χ3n) is 4.26. The summed E-state index contributed by atoms with van der Waals surface area (Å²) in [5.74, 6) is 0. The average Bonchev–Trinajstić information content (AvgIpc) is 2.88. The molecule has 0 unspecified atom stereocenters. The Morgan fingerprint density at radius 3 is 2.55 bits per heavy atom. The van der Waals surface area contributed by atoms with Crippen LogP contribution in [0.5, 0.6) is 0 Å². The molecule has 3 nitrogen and oxygen atoms in total. The minimum Gasteiger partial charge on any atom is -0.313 e. The molecule has 0 amide bonds. The largest absolute Gasteiger partial charge is 0.313 e. The predicted molar refractivity (Wildman–Crippen MR) is 85.7 cm³/mol. The summed E-state index contributed by atoms with van der Waals surface area (Å²) in [6.07, 6.45) is 0. The third-order valence-corrected chi connectivity index (χ3v) is 4.26. The van der Waals surface area contributed by atoms with Gasteiger partial charge in [-0.15, -0.1) is 0 Å². The highest BCUT2D eigenvalue weighted by Gasteiger charge is 2.19. The summed E-state index contributed by atoms with van der Waals surface area (Å²) in [6.45, 7) is 15.6. The van der Waals surface area contributed by atoms with Gasteiger partial charge in [0.1, 0.15) is 0 Å². The second-order valence-corrected chi connectivity index (χ2v) is 5.62. The highest BCUT2D eigenvalue weighted by atomic mass is 15.2. The van der Waals surface area contributed by atoms with E-state index >= 15 is 0 Å². The number of nitrogens with zero attached hydrogens (tertiary/aromatic N) is 2. The maximum absolute atomic E-state index is 3.40. The lowest BCUT2D eigenvalue weighted by atomic mass is 10.1. The van der Waals surface area contributed by atoms with Crippen molar-refractivity contribution in [2.75, 3.05) is 32.7 Å². The lowest BCUT2D eigenvalue weighted by Gasteiger charge is -2.22. The molecule has 0 bridgehead atoms. The van der Waals surface area contributed by atoms with Crippen LogP contribution in [0.3, 0.4) is 0 Å². The van der Waals surface area contributed by atoms with E-state index < -0.39 is 0 Å². The normalized spacial score (nSPS) is 15.0. The Labute approximate surface area is 124 Å². The van der Waals surface area contributed by atoms with Crippen molar-refractivity contribution in [3.63, 3.8) is 0 Å². The predicted octanol–water partition coefficient (Wildman–Crippen LogP) is 2.45. The molecule has 0 aliphatic carbocycles. The minimum absolute atomic E-state index is 0.989. The molecule has 3 heteroatoms. The van der Waals surface area contributed by atoms with Crippen LogP contribution in [0, 0.1) is 0 Å². The van der Waals surface area contributed by atoms with Gasteiger partial charge in [-0.2, -0.15) is 0 Å². The number of rotatable bonds is 8. The second-order valence-electron chi connectivity index (χ2n) is 5.62. The maximum atomic E-state index is 3.40. The highest BCUT2D eigenvalue weighted by molar-refractivity contribution is 5.34. The molecule has 0 saturated heterocycles. The van der Waals surface area contributed by atoms with Gasteiger partial charge in [0.05, 0.1) is 0 Å². The molecule has 1 heterocycles. The van der Waals surface area contributed by atoms with Crippen molar-refractivity contribution in [3.05, 3.63) is 34.9 Å². The van der Waals surface area contributed by atoms with Gasteiger partial charge in [-0.25, -0.2) is 0 Å². The summed E-state index contributed by atoms with van der Waals surface area (Å²) in [7, 11) is 0. The lowest BCUT2D eigenvalue weighted by Crippen LogP contribution is -2.32. The van der Waals surface area contributed by atoms with Crippen LogP contribution in [0.25, 0.3) is 0 Å². The summed E-state index contributed by atoms with van der Waals surface area (Å²) in [4.78, 5) is 5.07. The standard InChI is InChI=1S/C17H29N3/c1-4-18-12-15-7-8-16-13-20(14-17(16)11-15)10-9-19(5-2)6-3/h7-8,11,18H,4-6,9-10,12-14H2,1-3H3. The first-order valence-electron chi connectivity index (χ1n) is 8.02. The van der Waals surface area contributed by atoms with Crippen LogP contribution in [0.4, 0.5) is 0 Å². The molecular formula is C17H29N3. The van der Waals surface area contributed by atoms with E-state index in [4.69, 9.17) is 0 Å². The molecule has 0 saturated carbocycles. The van der Waals surface area contributed by atoms with Crippen LogP contribution in [-0.4, -0.2) is 42.5 Å². The summed E-state index contributed by atoms with van der Waals surface area (Å²) >= 11 is 0. The van der Waals surface area contributed by atoms with E-state index in [-0.39, 0.29) is 0 Å². The zero-order valence-electron chi connectivity index (χ0n) is 13.3. The minimum atomic E-state index is 0.989. The summed E-state index contributed by atoms with van der Waals surface area (Å²) < 4.78 is 0. The van der Waals surface area contributed by atoms with Crippen molar-refractivity contribution in [3.8, 4) is 0 Å². The molecular weight excluding hydrogens is 246 g/mol. The van der Waals surface area contributed by atoms with E-state index in [0.717, 1.165) is 39.3 Å². The van der Waals surface area contributed by atoms with Gasteiger partial charge in [0.25, 0.3) is 0 Å². The number of hydrogen-bond donors (Lipinski definition) is 1. The van der Waals surface area contributed by atoms with Gasteiger partial charge in [-0.05, 0) is 36.3 Å². The number of fused-ring (bicyclic) bond motifs is 1. The molecule has 1 aliphatic rings. The second kappa shape index (κ2) is 7.77. The lowest BCUT2D eigenvalue weighted by molar-refractivity contribution is 0.216.